The standard InChI is InChI=1S/C27H56O11/c1-4-27(3)26-38-25-24-37-23-22-36-21-20-35-19-18-34-17-16-33-15-14-32-13-12-31-11-10-30-9-8-29-7-6-28-5-2/h27H,4-26H2,1-3H3. The van der Waals surface area contributed by atoms with E-state index in [1.807, 2.05) is 6.92 Å². The molecule has 0 amide bonds. The van der Waals surface area contributed by atoms with E-state index in [4.69, 9.17) is 52.1 Å². The smallest absolute Gasteiger partial charge is 0.0701 e. The molecule has 0 radical (unpaired) electrons. The van der Waals surface area contributed by atoms with Gasteiger partial charge in [0.2, 0.25) is 0 Å². The van der Waals surface area contributed by atoms with E-state index in [1.165, 1.54) is 0 Å². The van der Waals surface area contributed by atoms with Gasteiger partial charge in [0.05, 0.1) is 132 Å². The van der Waals surface area contributed by atoms with Crippen molar-refractivity contribution >= 4 is 0 Å². The van der Waals surface area contributed by atoms with E-state index in [9.17, 15) is 0 Å². The van der Waals surface area contributed by atoms with Crippen LogP contribution in [0.5, 0.6) is 0 Å². The van der Waals surface area contributed by atoms with Gasteiger partial charge in [0.1, 0.15) is 0 Å². The first-order chi connectivity index (χ1) is 18.8. The summed E-state index contributed by atoms with van der Waals surface area (Å²) in [5.41, 5.74) is 0. The lowest BCUT2D eigenvalue weighted by Crippen LogP contribution is -2.15. The Bertz CT molecular complexity index is 418. The van der Waals surface area contributed by atoms with E-state index in [0.717, 1.165) is 13.0 Å². The molecule has 230 valence electrons. The van der Waals surface area contributed by atoms with E-state index < -0.39 is 0 Å². The molecule has 0 saturated heterocycles. The molecule has 0 fully saturated rings. The molecule has 1 unspecified atom stereocenters. The van der Waals surface area contributed by atoms with Gasteiger partial charge < -0.3 is 52.1 Å². The lowest BCUT2D eigenvalue weighted by atomic mass is 10.1. The summed E-state index contributed by atoms with van der Waals surface area (Å²) in [6.45, 7) is 18.9. The lowest BCUT2D eigenvalue weighted by molar-refractivity contribution is -0.0277. The Morgan fingerprint density at radius 2 is 0.526 bits per heavy atom. The number of hydrogen-bond acceptors (Lipinski definition) is 11. The summed E-state index contributed by atoms with van der Waals surface area (Å²) in [7, 11) is 0. The molecular formula is C27H56O11. The molecular weight excluding hydrogens is 500 g/mol. The average Bonchev–Trinajstić information content (AvgIpc) is 2.93. The fourth-order valence-corrected chi connectivity index (χ4v) is 2.64. The maximum atomic E-state index is 5.53. The first-order valence-electron chi connectivity index (χ1n) is 14.2. The Kier molecular flexibility index (Phi) is 34.2. The van der Waals surface area contributed by atoms with E-state index in [-0.39, 0.29) is 0 Å². The number of hydrogen-bond donors (Lipinski definition) is 0. The third-order valence-electron chi connectivity index (χ3n) is 5.02. The summed E-state index contributed by atoms with van der Waals surface area (Å²) in [5.74, 6) is 0.601. The highest BCUT2D eigenvalue weighted by Crippen LogP contribution is 2.00. The van der Waals surface area contributed by atoms with Gasteiger partial charge in [-0.25, -0.2) is 0 Å². The minimum absolute atomic E-state index is 0.526. The van der Waals surface area contributed by atoms with Gasteiger partial charge in [0, 0.05) is 13.2 Å². The van der Waals surface area contributed by atoms with Crippen LogP contribution in [0.15, 0.2) is 0 Å². The van der Waals surface area contributed by atoms with Crippen LogP contribution < -0.4 is 0 Å². The van der Waals surface area contributed by atoms with Crippen LogP contribution in [0.1, 0.15) is 27.2 Å². The van der Waals surface area contributed by atoms with Gasteiger partial charge in [-0.2, -0.15) is 0 Å². The zero-order valence-electron chi connectivity index (χ0n) is 24.3. The SMILES string of the molecule is CCOCCOCCOCCOCCOCCOCCOCCOCCOCCOCCOCC(C)CC. The Labute approximate surface area is 230 Å². The molecule has 0 aromatic heterocycles. The van der Waals surface area contributed by atoms with E-state index >= 15 is 0 Å². The van der Waals surface area contributed by atoms with Crippen LogP contribution in [0.25, 0.3) is 0 Å². The summed E-state index contributed by atoms with van der Waals surface area (Å²) < 4.78 is 59.7. The zero-order chi connectivity index (χ0) is 27.6. The monoisotopic (exact) mass is 556 g/mol. The maximum absolute atomic E-state index is 5.53. The topological polar surface area (TPSA) is 102 Å². The fraction of sp³-hybridized carbons (Fsp3) is 1.00. The van der Waals surface area contributed by atoms with E-state index in [1.54, 1.807) is 0 Å². The molecule has 38 heavy (non-hydrogen) atoms. The van der Waals surface area contributed by atoms with Crippen LogP contribution in [0.3, 0.4) is 0 Å². The van der Waals surface area contributed by atoms with E-state index in [2.05, 4.69) is 13.8 Å². The molecule has 0 saturated carbocycles. The summed E-state index contributed by atoms with van der Waals surface area (Å²) in [6.07, 6.45) is 1.14. The van der Waals surface area contributed by atoms with Gasteiger partial charge in [-0.3, -0.25) is 0 Å². The summed E-state index contributed by atoms with van der Waals surface area (Å²) in [5, 5.41) is 0. The second-order valence-electron chi connectivity index (χ2n) is 8.30. The minimum atomic E-state index is 0.526. The molecule has 0 aromatic rings. The van der Waals surface area contributed by atoms with Crippen molar-refractivity contribution in [1.29, 1.82) is 0 Å². The van der Waals surface area contributed by atoms with Crippen molar-refractivity contribution in [3.63, 3.8) is 0 Å². The predicted molar refractivity (Wildman–Crippen MR) is 144 cm³/mol. The number of ether oxygens (including phenoxy) is 11. The van der Waals surface area contributed by atoms with Crippen LogP contribution in [0.2, 0.25) is 0 Å². The van der Waals surface area contributed by atoms with Crippen LogP contribution in [-0.2, 0) is 52.1 Å². The Morgan fingerprint density at radius 1 is 0.316 bits per heavy atom. The highest BCUT2D eigenvalue weighted by molar-refractivity contribution is 4.46. The largest absolute Gasteiger partial charge is 0.379 e. The molecule has 0 spiro atoms. The van der Waals surface area contributed by atoms with Gasteiger partial charge in [-0.05, 0) is 12.8 Å². The molecule has 0 aliphatic heterocycles. The lowest BCUT2D eigenvalue weighted by Gasteiger charge is -2.10. The third kappa shape index (κ3) is 33.6. The molecule has 0 aliphatic rings. The molecule has 11 nitrogen and oxygen atoms in total. The van der Waals surface area contributed by atoms with Gasteiger partial charge >= 0.3 is 0 Å². The molecule has 0 aliphatic carbocycles. The van der Waals surface area contributed by atoms with Gasteiger partial charge in [0.15, 0.2) is 0 Å². The van der Waals surface area contributed by atoms with Gasteiger partial charge in [0.25, 0.3) is 0 Å². The van der Waals surface area contributed by atoms with Crippen LogP contribution >= 0.6 is 0 Å². The molecule has 0 rings (SSSR count). The Balaban J connectivity index is 3.03. The quantitative estimate of drug-likeness (QED) is 0.109. The van der Waals surface area contributed by atoms with Crippen molar-refractivity contribution in [1.82, 2.24) is 0 Å². The normalized spacial score (nSPS) is 12.4. The van der Waals surface area contributed by atoms with Gasteiger partial charge in [-0.1, -0.05) is 20.3 Å². The van der Waals surface area contributed by atoms with E-state index in [0.29, 0.717) is 145 Å². The average molecular weight is 557 g/mol. The molecule has 0 heterocycles. The number of rotatable bonds is 34. The minimum Gasteiger partial charge on any atom is -0.379 e. The van der Waals surface area contributed by atoms with Crippen molar-refractivity contribution in [3.8, 4) is 0 Å². The summed E-state index contributed by atoms with van der Waals surface area (Å²) in [6, 6.07) is 0. The van der Waals surface area contributed by atoms with Crippen molar-refractivity contribution in [2.45, 2.75) is 27.2 Å². The Hall–Kier alpha value is -0.440. The molecule has 1 atom stereocenters. The third-order valence-corrected chi connectivity index (χ3v) is 5.02. The highest BCUT2D eigenvalue weighted by Gasteiger charge is 1.98. The second-order valence-corrected chi connectivity index (χ2v) is 8.30. The van der Waals surface area contributed by atoms with Gasteiger partial charge in [-0.15, -0.1) is 0 Å². The predicted octanol–water partition coefficient (Wildman–Crippen LogP) is 2.24. The summed E-state index contributed by atoms with van der Waals surface area (Å²) in [4.78, 5) is 0. The molecule has 0 bridgehead atoms. The second kappa shape index (κ2) is 34.6. The van der Waals surface area contributed by atoms with Crippen molar-refractivity contribution in [2.24, 2.45) is 5.92 Å². The van der Waals surface area contributed by atoms with Crippen LogP contribution in [-0.4, -0.2) is 145 Å². The maximum Gasteiger partial charge on any atom is 0.0701 e. The van der Waals surface area contributed by atoms with Crippen molar-refractivity contribution < 1.29 is 52.1 Å². The zero-order valence-corrected chi connectivity index (χ0v) is 24.3. The van der Waals surface area contributed by atoms with Crippen LogP contribution in [0.4, 0.5) is 0 Å². The van der Waals surface area contributed by atoms with Crippen molar-refractivity contribution in [3.05, 3.63) is 0 Å². The first kappa shape index (κ1) is 37.6. The summed E-state index contributed by atoms with van der Waals surface area (Å²) >= 11 is 0. The molecule has 11 heteroatoms. The highest BCUT2D eigenvalue weighted by atomic mass is 16.6. The molecule has 0 aromatic carbocycles. The van der Waals surface area contributed by atoms with Crippen LogP contribution in [0, 0.1) is 5.92 Å². The fourth-order valence-electron chi connectivity index (χ4n) is 2.64. The van der Waals surface area contributed by atoms with Crippen molar-refractivity contribution in [2.75, 3.05) is 145 Å². The molecule has 0 N–H and O–H groups in total. The first-order valence-corrected chi connectivity index (χ1v) is 14.2. The Morgan fingerprint density at radius 3 is 0.737 bits per heavy atom.